The number of nitrogens with one attached hydrogen (secondary N) is 2. The highest BCUT2D eigenvalue weighted by Crippen LogP contribution is 2.04. The molecule has 0 spiro atoms. The second kappa shape index (κ2) is 3.04. The number of nitrogens with two attached hydrogens (primary N) is 1. The molecule has 0 fully saturated rings. The fourth-order valence-electron chi connectivity index (χ4n) is 0.0965. The maximum Gasteiger partial charge on any atom is 0.157 e. The number of rotatable bonds is 0. The smallest absolute Gasteiger partial charge is 0.157 e. The fraction of sp³-hybridized carbons (Fsp3) is 0. The molecule has 0 amide bonds. The van der Waals surface area contributed by atoms with Crippen LogP contribution < -0.4 is 5.73 Å². The molecular weight excluding hydrogens is 178 g/mol. The fourth-order valence-corrected chi connectivity index (χ4v) is 0.813. The summed E-state index contributed by atoms with van der Waals surface area (Å²) in [4.78, 5) is 0. The Hall–Kier alpha value is -0.0300. The van der Waals surface area contributed by atoms with E-state index in [1.165, 1.54) is 0 Å². The van der Waals surface area contributed by atoms with Crippen molar-refractivity contribution in [3.63, 3.8) is 0 Å². The molecule has 0 heterocycles. The monoisotopic (exact) mass is 181 g/mol. The van der Waals surface area contributed by atoms with Crippen molar-refractivity contribution in [3.8, 4) is 0 Å². The van der Waals surface area contributed by atoms with Gasteiger partial charge in [0.2, 0.25) is 0 Å². The van der Waals surface area contributed by atoms with E-state index < -0.39 is 0 Å². The first-order chi connectivity index (χ1) is 3.13. The molecule has 0 unspecified atom stereocenters. The van der Waals surface area contributed by atoms with Crippen LogP contribution >= 0.6 is 27.7 Å². The molecule has 0 aromatic heterocycles. The largest absolute Gasteiger partial charge is 0.378 e. The molecule has 0 rings (SSSR count). The van der Waals surface area contributed by atoms with E-state index >= 15 is 0 Å². The second-order valence-corrected chi connectivity index (χ2v) is 3.11. The van der Waals surface area contributed by atoms with Gasteiger partial charge in [0.05, 0.1) is 0 Å². The zero-order valence-electron chi connectivity index (χ0n) is 3.36. The van der Waals surface area contributed by atoms with Gasteiger partial charge in [0.25, 0.3) is 0 Å². The first-order valence-electron chi connectivity index (χ1n) is 1.39. The van der Waals surface area contributed by atoms with Gasteiger partial charge in [-0.15, -0.1) is 0 Å². The summed E-state index contributed by atoms with van der Waals surface area (Å²) < 4.78 is 0.167. The van der Waals surface area contributed by atoms with Gasteiger partial charge in [0.15, 0.2) is 5.17 Å². The Morgan fingerprint density at radius 1 is 1.57 bits per heavy atom. The average Bonchev–Trinajstić information content (AvgIpc) is 1.27. The van der Waals surface area contributed by atoms with Gasteiger partial charge in [-0.3, -0.25) is 10.8 Å². The van der Waals surface area contributed by atoms with Crippen molar-refractivity contribution in [2.45, 2.75) is 0 Å². The first-order valence-corrected chi connectivity index (χ1v) is 3.00. The van der Waals surface area contributed by atoms with Gasteiger partial charge >= 0.3 is 0 Å². The summed E-state index contributed by atoms with van der Waals surface area (Å²) in [6.45, 7) is 0. The van der Waals surface area contributed by atoms with E-state index in [0.29, 0.717) is 0 Å². The van der Waals surface area contributed by atoms with Gasteiger partial charge < -0.3 is 5.73 Å². The normalized spacial score (nSPS) is 8.14. The second-order valence-electron chi connectivity index (χ2n) is 0.740. The Labute approximate surface area is 53.8 Å². The summed E-state index contributed by atoms with van der Waals surface area (Å²) in [5.41, 5.74) is 4.87. The maximum absolute atomic E-state index is 6.68. The lowest BCUT2D eigenvalue weighted by Crippen LogP contribution is -2.04. The van der Waals surface area contributed by atoms with E-state index in [0.717, 1.165) is 11.8 Å². The Balaban J connectivity index is 3.32. The Bertz CT molecular complexity index is 89.1. The van der Waals surface area contributed by atoms with E-state index in [1.807, 2.05) is 0 Å². The predicted molar refractivity (Wildman–Crippen MR) is 36.2 cm³/mol. The lowest BCUT2D eigenvalue weighted by Gasteiger charge is -1.86. The third-order valence-electron chi connectivity index (χ3n) is 0.200. The zero-order valence-corrected chi connectivity index (χ0v) is 5.77. The maximum atomic E-state index is 6.68. The molecule has 4 N–H and O–H groups in total. The van der Waals surface area contributed by atoms with E-state index in [9.17, 15) is 0 Å². The van der Waals surface area contributed by atoms with E-state index in [-0.39, 0.29) is 9.12 Å². The molecule has 0 saturated heterocycles. The summed E-state index contributed by atoms with van der Waals surface area (Å²) in [5, 5.41) is 13.2. The third-order valence-corrected chi connectivity index (χ3v) is 1.08. The van der Waals surface area contributed by atoms with Crippen molar-refractivity contribution in [2.24, 2.45) is 5.73 Å². The van der Waals surface area contributed by atoms with Crippen LogP contribution in [0.25, 0.3) is 0 Å². The molecule has 0 saturated carbocycles. The van der Waals surface area contributed by atoms with Gasteiger partial charge in [0.1, 0.15) is 3.95 Å². The lowest BCUT2D eigenvalue weighted by atomic mass is 11.4. The van der Waals surface area contributed by atoms with Gasteiger partial charge in [0, 0.05) is 0 Å². The van der Waals surface area contributed by atoms with Crippen molar-refractivity contribution in [3.05, 3.63) is 0 Å². The van der Waals surface area contributed by atoms with Crippen LogP contribution in [0.5, 0.6) is 0 Å². The minimum absolute atomic E-state index is 0.0677. The lowest BCUT2D eigenvalue weighted by molar-refractivity contribution is 1.51. The highest BCUT2D eigenvalue weighted by atomic mass is 79.9. The standard InChI is InChI=1S/C2H4BrN3S/c3-1(4)7-2(5)6/h4H,(H3,5,6). The van der Waals surface area contributed by atoms with Crippen molar-refractivity contribution in [2.75, 3.05) is 0 Å². The predicted octanol–water partition coefficient (Wildman–Crippen LogP) is 0.943. The third kappa shape index (κ3) is 5.97. The number of hydrogen-bond donors (Lipinski definition) is 3. The molecule has 3 nitrogen and oxygen atoms in total. The van der Waals surface area contributed by atoms with Gasteiger partial charge in [-0.25, -0.2) is 0 Å². The quantitative estimate of drug-likeness (QED) is 0.385. The first kappa shape index (κ1) is 6.97. The Kier molecular flexibility index (Phi) is 3.02. The Morgan fingerprint density at radius 3 is 2.00 bits per heavy atom. The number of halogens is 1. The van der Waals surface area contributed by atoms with Crippen molar-refractivity contribution >= 4 is 36.8 Å². The molecule has 0 aliphatic carbocycles. The average molecular weight is 182 g/mol. The minimum atomic E-state index is -0.0677. The van der Waals surface area contributed by atoms with E-state index in [2.05, 4.69) is 15.9 Å². The summed E-state index contributed by atoms with van der Waals surface area (Å²) in [7, 11) is 0. The van der Waals surface area contributed by atoms with E-state index in [1.54, 1.807) is 0 Å². The summed E-state index contributed by atoms with van der Waals surface area (Å²) in [6.07, 6.45) is 0. The van der Waals surface area contributed by atoms with Gasteiger partial charge in [-0.2, -0.15) is 0 Å². The SMILES string of the molecule is N=C(N)SC(=N)Br. The highest BCUT2D eigenvalue weighted by molar-refractivity contribution is 9.22. The van der Waals surface area contributed by atoms with Crippen LogP contribution in [-0.2, 0) is 0 Å². The van der Waals surface area contributed by atoms with Crippen molar-refractivity contribution in [1.82, 2.24) is 0 Å². The number of hydrogen-bond acceptors (Lipinski definition) is 3. The summed E-state index contributed by atoms with van der Waals surface area (Å²) in [6, 6.07) is 0. The highest BCUT2D eigenvalue weighted by Gasteiger charge is 1.90. The molecule has 5 heteroatoms. The van der Waals surface area contributed by atoms with Gasteiger partial charge in [-0.1, -0.05) is 0 Å². The molecular formula is C2H4BrN3S. The van der Waals surface area contributed by atoms with Crippen LogP contribution in [0.3, 0.4) is 0 Å². The van der Waals surface area contributed by atoms with Crippen LogP contribution in [0.4, 0.5) is 0 Å². The molecule has 0 radical (unpaired) electrons. The summed E-state index contributed by atoms with van der Waals surface area (Å²) in [5.74, 6) is 0. The molecule has 0 aliphatic rings. The number of amidine groups is 1. The zero-order chi connectivity index (χ0) is 5.86. The van der Waals surface area contributed by atoms with Crippen LogP contribution in [-0.4, -0.2) is 9.12 Å². The molecule has 0 atom stereocenters. The molecule has 0 bridgehead atoms. The number of thioether (sulfide) groups is 1. The van der Waals surface area contributed by atoms with Crippen LogP contribution in [0, 0.1) is 10.8 Å². The topological polar surface area (TPSA) is 73.7 Å². The molecule has 0 aromatic carbocycles. The van der Waals surface area contributed by atoms with Crippen LogP contribution in [0.15, 0.2) is 0 Å². The van der Waals surface area contributed by atoms with Crippen LogP contribution in [0.2, 0.25) is 0 Å². The molecule has 0 aliphatic heterocycles. The van der Waals surface area contributed by atoms with Gasteiger partial charge in [-0.05, 0) is 27.7 Å². The van der Waals surface area contributed by atoms with Crippen molar-refractivity contribution in [1.29, 1.82) is 10.8 Å². The van der Waals surface area contributed by atoms with E-state index in [4.69, 9.17) is 16.6 Å². The minimum Gasteiger partial charge on any atom is -0.378 e. The summed E-state index contributed by atoms with van der Waals surface area (Å²) >= 11 is 3.67. The molecule has 40 valence electrons. The molecule has 7 heavy (non-hydrogen) atoms. The van der Waals surface area contributed by atoms with Crippen molar-refractivity contribution < 1.29 is 0 Å². The van der Waals surface area contributed by atoms with Crippen LogP contribution in [0.1, 0.15) is 0 Å². The molecule has 0 aromatic rings. The Morgan fingerprint density at radius 2 is 2.00 bits per heavy atom.